The molecule has 2 unspecified atom stereocenters. The summed E-state index contributed by atoms with van der Waals surface area (Å²) in [6.45, 7) is 5.39. The molecular formula is C26H32N6O3. The molecular weight excluding hydrogens is 444 g/mol. The third-order valence-electron chi connectivity index (χ3n) is 7.30. The van der Waals surface area contributed by atoms with Crippen LogP contribution in [0.5, 0.6) is 11.6 Å². The van der Waals surface area contributed by atoms with Crippen LogP contribution >= 0.6 is 0 Å². The van der Waals surface area contributed by atoms with Crippen LogP contribution in [0.25, 0.3) is 22.2 Å². The first-order chi connectivity index (χ1) is 17.1. The van der Waals surface area contributed by atoms with Crippen LogP contribution in [0.15, 0.2) is 30.6 Å². The van der Waals surface area contributed by atoms with Gasteiger partial charge in [-0.15, -0.1) is 0 Å². The Labute approximate surface area is 204 Å². The van der Waals surface area contributed by atoms with Crippen molar-refractivity contribution in [2.24, 2.45) is 11.8 Å². The number of anilines is 1. The zero-order valence-corrected chi connectivity index (χ0v) is 20.3. The second kappa shape index (κ2) is 9.13. The Morgan fingerprint density at radius 1 is 1.20 bits per heavy atom. The number of hydrogen-bond donors (Lipinski definition) is 2. The van der Waals surface area contributed by atoms with Gasteiger partial charge in [-0.25, -0.2) is 9.97 Å². The quantitative estimate of drug-likeness (QED) is 0.516. The molecule has 0 bridgehead atoms. The maximum Gasteiger partial charge on any atom is 0.228 e. The van der Waals surface area contributed by atoms with Crippen LogP contribution in [-0.2, 0) is 4.79 Å². The van der Waals surface area contributed by atoms with Crippen LogP contribution in [0.4, 0.5) is 5.82 Å². The molecule has 4 heterocycles. The van der Waals surface area contributed by atoms with Gasteiger partial charge in [0.05, 0.1) is 18.8 Å². The smallest absolute Gasteiger partial charge is 0.228 e. The highest BCUT2D eigenvalue weighted by molar-refractivity contribution is 5.99. The van der Waals surface area contributed by atoms with E-state index in [9.17, 15) is 4.79 Å². The average molecular weight is 477 g/mol. The monoisotopic (exact) mass is 476 g/mol. The molecule has 0 aromatic carbocycles. The minimum Gasteiger partial charge on any atom is -0.490 e. The van der Waals surface area contributed by atoms with Crippen LogP contribution in [0.3, 0.4) is 0 Å². The van der Waals surface area contributed by atoms with Crippen LogP contribution in [0.1, 0.15) is 19.3 Å². The molecule has 1 amide bonds. The van der Waals surface area contributed by atoms with E-state index in [-0.39, 0.29) is 17.9 Å². The molecule has 184 valence electrons. The third-order valence-corrected chi connectivity index (χ3v) is 7.30. The molecule has 2 N–H and O–H groups in total. The molecule has 3 aromatic rings. The summed E-state index contributed by atoms with van der Waals surface area (Å²) in [5, 5.41) is 3.95. The van der Waals surface area contributed by atoms with Gasteiger partial charge in [0.2, 0.25) is 11.8 Å². The molecule has 0 radical (unpaired) electrons. The lowest BCUT2D eigenvalue weighted by Crippen LogP contribution is -2.45. The molecule has 0 spiro atoms. The molecule has 9 heteroatoms. The largest absolute Gasteiger partial charge is 0.490 e. The number of ether oxygens (including phenoxy) is 2. The van der Waals surface area contributed by atoms with Gasteiger partial charge in [-0.2, -0.15) is 0 Å². The normalized spacial score (nSPS) is 22.8. The van der Waals surface area contributed by atoms with Crippen LogP contribution in [-0.4, -0.2) is 83.6 Å². The second-order valence-electron chi connectivity index (χ2n) is 10.0. The van der Waals surface area contributed by atoms with Crippen molar-refractivity contribution < 1.29 is 14.3 Å². The Kier molecular flexibility index (Phi) is 5.82. The summed E-state index contributed by atoms with van der Waals surface area (Å²) in [5.41, 5.74) is 2.43. The number of aromatic amines is 1. The van der Waals surface area contributed by atoms with Crippen molar-refractivity contribution >= 4 is 22.8 Å². The maximum atomic E-state index is 12.8. The number of likely N-dealkylation sites (N-methyl/N-ethyl adjacent to an activating group) is 1. The zero-order valence-electron chi connectivity index (χ0n) is 20.3. The Balaban J connectivity index is 1.16. The number of carbonyl (C=O) groups excluding carboxylic acids is 1. The molecule has 2 atom stereocenters. The number of aromatic nitrogens is 3. The molecule has 6 rings (SSSR count). The highest BCUT2D eigenvalue weighted by Gasteiger charge is 2.44. The molecule has 3 fully saturated rings. The number of pyridine rings is 2. The maximum absolute atomic E-state index is 12.8. The number of amides is 1. The van der Waals surface area contributed by atoms with Crippen molar-refractivity contribution in [1.29, 1.82) is 0 Å². The van der Waals surface area contributed by atoms with E-state index < -0.39 is 0 Å². The fourth-order valence-electron chi connectivity index (χ4n) is 4.93. The van der Waals surface area contributed by atoms with Crippen molar-refractivity contribution in [2.75, 3.05) is 52.2 Å². The topological polar surface area (TPSA) is 95.6 Å². The number of carbonyl (C=O) groups is 1. The Morgan fingerprint density at radius 2 is 2.03 bits per heavy atom. The number of nitrogens with zero attached hydrogens (tertiary/aromatic N) is 4. The zero-order chi connectivity index (χ0) is 23.9. The predicted molar refractivity (Wildman–Crippen MR) is 134 cm³/mol. The fraction of sp³-hybridized carbons (Fsp3) is 0.500. The molecule has 1 saturated heterocycles. The average Bonchev–Trinajstić information content (AvgIpc) is 3.79. The van der Waals surface area contributed by atoms with E-state index in [4.69, 9.17) is 9.47 Å². The van der Waals surface area contributed by atoms with Gasteiger partial charge in [0.15, 0.2) is 0 Å². The lowest BCUT2D eigenvalue weighted by Gasteiger charge is -2.32. The number of nitrogens with one attached hydrogen (secondary N) is 2. The van der Waals surface area contributed by atoms with E-state index in [0.29, 0.717) is 23.3 Å². The first kappa shape index (κ1) is 22.3. The first-order valence-corrected chi connectivity index (χ1v) is 12.5. The van der Waals surface area contributed by atoms with Gasteiger partial charge in [-0.3, -0.25) is 4.79 Å². The van der Waals surface area contributed by atoms with Crippen LogP contribution in [0.2, 0.25) is 0 Å². The Hall–Kier alpha value is -3.17. The van der Waals surface area contributed by atoms with E-state index in [1.54, 1.807) is 13.3 Å². The SMILES string of the molecule is COc1nccc(OC2CC2)c1-c1c[nH]c2nc(NC(=O)C3CC3CN3CCN(C)CC3)ccc12. The highest BCUT2D eigenvalue weighted by Crippen LogP contribution is 2.43. The second-order valence-corrected chi connectivity index (χ2v) is 10.0. The minimum atomic E-state index is 0.0665. The third kappa shape index (κ3) is 4.70. The summed E-state index contributed by atoms with van der Waals surface area (Å²) in [6, 6.07) is 5.72. The van der Waals surface area contributed by atoms with Crippen LogP contribution < -0.4 is 14.8 Å². The molecule has 3 aromatic heterocycles. The number of H-pyrrole nitrogens is 1. The van der Waals surface area contributed by atoms with Crippen molar-refractivity contribution in [1.82, 2.24) is 24.8 Å². The number of fused-ring (bicyclic) bond motifs is 1. The molecule has 2 aliphatic carbocycles. The minimum absolute atomic E-state index is 0.0665. The molecule has 35 heavy (non-hydrogen) atoms. The van der Waals surface area contributed by atoms with Gasteiger partial charge in [-0.1, -0.05) is 0 Å². The lowest BCUT2D eigenvalue weighted by atomic mass is 10.1. The molecule has 2 saturated carbocycles. The summed E-state index contributed by atoms with van der Waals surface area (Å²) in [4.78, 5) is 30.0. The van der Waals surface area contributed by atoms with Crippen molar-refractivity contribution in [3.63, 3.8) is 0 Å². The number of piperazine rings is 1. The number of rotatable bonds is 8. The van der Waals surface area contributed by atoms with Gasteiger partial charge < -0.3 is 29.6 Å². The lowest BCUT2D eigenvalue weighted by molar-refractivity contribution is -0.117. The van der Waals surface area contributed by atoms with E-state index in [1.165, 1.54) is 0 Å². The van der Waals surface area contributed by atoms with Gasteiger partial charge in [-0.05, 0) is 50.4 Å². The molecule has 9 nitrogen and oxygen atoms in total. The number of hydrogen-bond acceptors (Lipinski definition) is 7. The van der Waals surface area contributed by atoms with E-state index in [1.807, 2.05) is 24.4 Å². The molecule has 1 aliphatic heterocycles. The van der Waals surface area contributed by atoms with Crippen molar-refractivity contribution in [2.45, 2.75) is 25.4 Å². The summed E-state index contributed by atoms with van der Waals surface area (Å²) in [5.74, 6) is 2.43. The van der Waals surface area contributed by atoms with Crippen molar-refractivity contribution in [3.8, 4) is 22.8 Å². The standard InChI is InChI=1S/C26H32N6O3/c1-31-9-11-32(12-10-31)15-16-13-19(16)25(33)30-22-6-5-18-20(14-28-24(18)29-22)23-21(35-17-3-4-17)7-8-27-26(23)34-2/h5-8,14,16-17,19H,3-4,9-13,15H2,1-2H3,(H2,28,29,30,33). The van der Waals surface area contributed by atoms with E-state index in [2.05, 4.69) is 37.1 Å². The van der Waals surface area contributed by atoms with Gasteiger partial charge >= 0.3 is 0 Å². The summed E-state index contributed by atoms with van der Waals surface area (Å²) >= 11 is 0. The Bertz CT molecular complexity index is 1230. The summed E-state index contributed by atoms with van der Waals surface area (Å²) in [7, 11) is 3.78. The van der Waals surface area contributed by atoms with Crippen molar-refractivity contribution in [3.05, 3.63) is 30.6 Å². The number of methoxy groups -OCH3 is 1. The van der Waals surface area contributed by atoms with Gasteiger partial charge in [0.1, 0.15) is 17.2 Å². The fourth-order valence-corrected chi connectivity index (χ4v) is 4.93. The first-order valence-electron chi connectivity index (χ1n) is 12.5. The van der Waals surface area contributed by atoms with Gasteiger partial charge in [0, 0.05) is 62.0 Å². The highest BCUT2D eigenvalue weighted by atomic mass is 16.5. The van der Waals surface area contributed by atoms with Gasteiger partial charge in [0.25, 0.3) is 0 Å². The predicted octanol–water partition coefficient (Wildman–Crippen LogP) is 3.00. The van der Waals surface area contributed by atoms with Crippen LogP contribution in [0, 0.1) is 11.8 Å². The van der Waals surface area contributed by atoms with E-state index >= 15 is 0 Å². The Morgan fingerprint density at radius 3 is 2.80 bits per heavy atom. The molecule has 3 aliphatic rings. The summed E-state index contributed by atoms with van der Waals surface area (Å²) in [6.07, 6.45) is 6.95. The summed E-state index contributed by atoms with van der Waals surface area (Å²) < 4.78 is 11.7. The van der Waals surface area contributed by atoms with E-state index in [0.717, 1.165) is 74.2 Å².